The molecule has 0 bridgehead atoms. The van der Waals surface area contributed by atoms with E-state index in [0.29, 0.717) is 5.92 Å². The van der Waals surface area contributed by atoms with Gasteiger partial charge in [0.15, 0.2) is 0 Å². The lowest BCUT2D eigenvalue weighted by Gasteiger charge is -2.30. The molecule has 0 aliphatic rings. The fourth-order valence-electron chi connectivity index (χ4n) is 1.86. The molecule has 0 aliphatic carbocycles. The average Bonchev–Trinajstić information content (AvgIpc) is 2.24. The molecule has 1 amide bonds. The number of hydrogen-bond acceptors (Lipinski definition) is 2. The van der Waals surface area contributed by atoms with Crippen molar-refractivity contribution >= 4 is 11.9 Å². The Morgan fingerprint density at radius 3 is 2.00 bits per heavy atom. The smallest absolute Gasteiger partial charge is 0.310 e. The van der Waals surface area contributed by atoms with Gasteiger partial charge in [0.25, 0.3) is 0 Å². The summed E-state index contributed by atoms with van der Waals surface area (Å²) in [6.45, 7) is 11.4. The second-order valence-corrected chi connectivity index (χ2v) is 5.88. The Kier molecular flexibility index (Phi) is 6.36. The van der Waals surface area contributed by atoms with Gasteiger partial charge in [-0.25, -0.2) is 0 Å². The van der Waals surface area contributed by atoms with Gasteiger partial charge in [-0.2, -0.15) is 0 Å². The van der Waals surface area contributed by atoms with E-state index in [-0.39, 0.29) is 24.3 Å². The Morgan fingerprint density at radius 1 is 1.22 bits per heavy atom. The maximum atomic E-state index is 12.0. The molecule has 0 spiro atoms. The van der Waals surface area contributed by atoms with Gasteiger partial charge in [0.05, 0.1) is 5.41 Å². The van der Waals surface area contributed by atoms with Crippen LogP contribution in [0.2, 0.25) is 0 Å². The van der Waals surface area contributed by atoms with Crippen molar-refractivity contribution in [2.24, 2.45) is 17.3 Å². The SMILES string of the molecule is CCC(NC(=O)CC(C)(C(=O)O)C(C)C)C(C)C. The van der Waals surface area contributed by atoms with Crippen molar-refractivity contribution in [1.29, 1.82) is 0 Å². The molecule has 2 N–H and O–H groups in total. The lowest BCUT2D eigenvalue weighted by molar-refractivity contribution is -0.153. The zero-order valence-electron chi connectivity index (χ0n) is 12.4. The molecule has 0 radical (unpaired) electrons. The van der Waals surface area contributed by atoms with Crippen LogP contribution in [0.15, 0.2) is 0 Å². The van der Waals surface area contributed by atoms with Gasteiger partial charge in [0.2, 0.25) is 5.91 Å². The Balaban J connectivity index is 4.68. The van der Waals surface area contributed by atoms with Crippen LogP contribution in [-0.2, 0) is 9.59 Å². The molecule has 0 aromatic heterocycles. The van der Waals surface area contributed by atoms with Crippen molar-refractivity contribution < 1.29 is 14.7 Å². The van der Waals surface area contributed by atoms with Crippen LogP contribution in [-0.4, -0.2) is 23.0 Å². The Bertz CT molecular complexity index is 299. The molecule has 0 aromatic rings. The fraction of sp³-hybridized carbons (Fsp3) is 0.857. The molecule has 0 saturated heterocycles. The van der Waals surface area contributed by atoms with Crippen LogP contribution in [0.1, 0.15) is 54.4 Å². The summed E-state index contributed by atoms with van der Waals surface area (Å²) in [5.74, 6) is -0.812. The van der Waals surface area contributed by atoms with Crippen LogP contribution >= 0.6 is 0 Å². The van der Waals surface area contributed by atoms with Crippen molar-refractivity contribution in [2.45, 2.75) is 60.4 Å². The summed E-state index contributed by atoms with van der Waals surface area (Å²) in [7, 11) is 0. The van der Waals surface area contributed by atoms with Crippen molar-refractivity contribution in [3.05, 3.63) is 0 Å². The summed E-state index contributed by atoms with van der Waals surface area (Å²) in [6, 6.07) is 0.114. The van der Waals surface area contributed by atoms with Crippen LogP contribution in [0.3, 0.4) is 0 Å². The number of rotatable bonds is 7. The van der Waals surface area contributed by atoms with E-state index in [9.17, 15) is 14.7 Å². The van der Waals surface area contributed by atoms with E-state index >= 15 is 0 Å². The molecule has 106 valence electrons. The van der Waals surface area contributed by atoms with Crippen molar-refractivity contribution in [3.63, 3.8) is 0 Å². The molecule has 0 saturated carbocycles. The monoisotopic (exact) mass is 257 g/mol. The molecule has 18 heavy (non-hydrogen) atoms. The van der Waals surface area contributed by atoms with Crippen LogP contribution in [0.4, 0.5) is 0 Å². The molecular formula is C14H27NO3. The first-order chi connectivity index (χ1) is 8.15. The minimum Gasteiger partial charge on any atom is -0.481 e. The molecule has 0 rings (SSSR count). The first kappa shape index (κ1) is 16.9. The zero-order valence-corrected chi connectivity index (χ0v) is 12.4. The summed E-state index contributed by atoms with van der Waals surface area (Å²) < 4.78 is 0. The summed E-state index contributed by atoms with van der Waals surface area (Å²) in [5.41, 5.74) is -1.00. The van der Waals surface area contributed by atoms with Gasteiger partial charge >= 0.3 is 5.97 Å². The van der Waals surface area contributed by atoms with Crippen LogP contribution in [0.25, 0.3) is 0 Å². The highest BCUT2D eigenvalue weighted by atomic mass is 16.4. The maximum Gasteiger partial charge on any atom is 0.310 e. The number of aliphatic carboxylic acids is 1. The highest BCUT2D eigenvalue weighted by Gasteiger charge is 2.39. The second-order valence-electron chi connectivity index (χ2n) is 5.88. The van der Waals surface area contributed by atoms with Gasteiger partial charge < -0.3 is 10.4 Å². The van der Waals surface area contributed by atoms with E-state index < -0.39 is 11.4 Å². The molecule has 2 atom stereocenters. The summed E-state index contributed by atoms with van der Waals surface area (Å²) in [4.78, 5) is 23.3. The van der Waals surface area contributed by atoms with E-state index in [4.69, 9.17) is 0 Å². The number of nitrogens with one attached hydrogen (secondary N) is 1. The average molecular weight is 257 g/mol. The van der Waals surface area contributed by atoms with Gasteiger partial charge in [-0.15, -0.1) is 0 Å². The lowest BCUT2D eigenvalue weighted by Crippen LogP contribution is -2.43. The zero-order chi connectivity index (χ0) is 14.5. The van der Waals surface area contributed by atoms with Gasteiger partial charge in [0, 0.05) is 12.5 Å². The number of carboxylic acids is 1. The van der Waals surface area contributed by atoms with Crippen molar-refractivity contribution in [1.82, 2.24) is 5.32 Å². The van der Waals surface area contributed by atoms with Crippen LogP contribution in [0, 0.1) is 17.3 Å². The molecule has 0 heterocycles. The van der Waals surface area contributed by atoms with E-state index in [1.54, 1.807) is 6.92 Å². The number of hydrogen-bond donors (Lipinski definition) is 2. The summed E-state index contributed by atoms with van der Waals surface area (Å²) in [5, 5.41) is 12.2. The number of amides is 1. The first-order valence-corrected chi connectivity index (χ1v) is 6.67. The van der Waals surface area contributed by atoms with Crippen molar-refractivity contribution in [3.8, 4) is 0 Å². The third-order valence-electron chi connectivity index (χ3n) is 3.88. The quantitative estimate of drug-likeness (QED) is 0.737. The predicted molar refractivity (Wildman–Crippen MR) is 72.3 cm³/mol. The molecule has 0 aliphatic heterocycles. The third-order valence-corrected chi connectivity index (χ3v) is 3.88. The number of carbonyl (C=O) groups excluding carboxylic acids is 1. The van der Waals surface area contributed by atoms with E-state index in [1.807, 2.05) is 34.6 Å². The van der Waals surface area contributed by atoms with Gasteiger partial charge in [-0.3, -0.25) is 9.59 Å². The standard InChI is InChI=1S/C14H27NO3/c1-7-11(9(2)3)15-12(16)8-14(6,10(4)5)13(17)18/h9-11H,7-8H2,1-6H3,(H,15,16)(H,17,18). The molecule has 4 nitrogen and oxygen atoms in total. The summed E-state index contributed by atoms with van der Waals surface area (Å²) >= 11 is 0. The maximum absolute atomic E-state index is 12.0. The fourth-order valence-corrected chi connectivity index (χ4v) is 1.86. The topological polar surface area (TPSA) is 66.4 Å². The normalized spacial score (nSPS) is 16.4. The Labute approximate surface area is 110 Å². The van der Waals surface area contributed by atoms with Gasteiger partial charge in [-0.1, -0.05) is 34.6 Å². The Hall–Kier alpha value is -1.06. The lowest BCUT2D eigenvalue weighted by atomic mass is 9.76. The molecule has 0 aromatic carbocycles. The number of carbonyl (C=O) groups is 2. The van der Waals surface area contributed by atoms with Crippen LogP contribution < -0.4 is 5.32 Å². The number of carboxylic acid groups (broad SMARTS) is 1. The largest absolute Gasteiger partial charge is 0.481 e. The van der Waals surface area contributed by atoms with Gasteiger partial charge in [0.1, 0.15) is 0 Å². The second kappa shape index (κ2) is 6.76. The third kappa shape index (κ3) is 4.31. The highest BCUT2D eigenvalue weighted by Crippen LogP contribution is 2.31. The molecule has 4 heteroatoms. The highest BCUT2D eigenvalue weighted by molar-refractivity contribution is 5.85. The van der Waals surface area contributed by atoms with Gasteiger partial charge in [-0.05, 0) is 25.2 Å². The summed E-state index contributed by atoms with van der Waals surface area (Å²) in [6.07, 6.45) is 0.887. The Morgan fingerprint density at radius 2 is 1.72 bits per heavy atom. The van der Waals surface area contributed by atoms with E-state index in [1.165, 1.54) is 0 Å². The minimum atomic E-state index is -1.00. The predicted octanol–water partition coefficient (Wildman–Crippen LogP) is 2.67. The van der Waals surface area contributed by atoms with E-state index in [0.717, 1.165) is 6.42 Å². The van der Waals surface area contributed by atoms with Crippen LogP contribution in [0.5, 0.6) is 0 Å². The molecule has 2 unspecified atom stereocenters. The minimum absolute atomic E-state index is 0.0310. The van der Waals surface area contributed by atoms with Crippen molar-refractivity contribution in [2.75, 3.05) is 0 Å². The molecule has 0 fully saturated rings. The van der Waals surface area contributed by atoms with E-state index in [2.05, 4.69) is 5.32 Å². The first-order valence-electron chi connectivity index (χ1n) is 6.67. The molecular weight excluding hydrogens is 230 g/mol.